The molecule has 2 heteroatoms. The van der Waals surface area contributed by atoms with Gasteiger partial charge in [0.05, 0.1) is 0 Å². The molecule has 2 nitrogen and oxygen atoms in total. The zero-order chi connectivity index (χ0) is 16.2. The molecule has 1 aromatic rings. The normalized spacial score (nSPS) is 38.8. The van der Waals surface area contributed by atoms with Gasteiger partial charge in [0.25, 0.3) is 0 Å². The molecule has 5 rings (SSSR count). The Hall–Kier alpha value is -1.02. The van der Waals surface area contributed by atoms with Crippen molar-refractivity contribution >= 4 is 5.69 Å². The summed E-state index contributed by atoms with van der Waals surface area (Å²) in [5.41, 5.74) is 9.60. The fourth-order valence-corrected chi connectivity index (χ4v) is 5.94. The van der Waals surface area contributed by atoms with Gasteiger partial charge in [0, 0.05) is 11.7 Å². The molecule has 1 aromatic carbocycles. The van der Waals surface area contributed by atoms with Gasteiger partial charge >= 0.3 is 0 Å². The van der Waals surface area contributed by atoms with E-state index in [0.717, 1.165) is 24.3 Å². The highest BCUT2D eigenvalue weighted by molar-refractivity contribution is 5.47. The Bertz CT molecular complexity index is 552. The monoisotopic (exact) mass is 312 g/mol. The van der Waals surface area contributed by atoms with Crippen LogP contribution in [0.15, 0.2) is 24.3 Å². The number of rotatable bonds is 3. The number of benzene rings is 1. The van der Waals surface area contributed by atoms with Crippen molar-refractivity contribution in [2.24, 2.45) is 28.9 Å². The second kappa shape index (κ2) is 5.24. The third-order valence-corrected chi connectivity index (χ3v) is 6.92. The maximum atomic E-state index is 6.16. The van der Waals surface area contributed by atoms with Crippen LogP contribution in [0.3, 0.4) is 0 Å². The van der Waals surface area contributed by atoms with Crippen molar-refractivity contribution < 1.29 is 0 Å². The van der Waals surface area contributed by atoms with E-state index >= 15 is 0 Å². The molecular weight excluding hydrogens is 280 g/mol. The minimum absolute atomic E-state index is 0.231. The minimum atomic E-state index is 0.231. The molecule has 0 spiro atoms. The lowest BCUT2D eigenvalue weighted by molar-refractivity contribution is -0.0558. The Kier molecular flexibility index (Phi) is 3.53. The number of nitrogens with two attached hydrogens (primary N) is 1. The van der Waals surface area contributed by atoms with Crippen molar-refractivity contribution in [2.45, 2.75) is 64.3 Å². The van der Waals surface area contributed by atoms with Crippen LogP contribution in [0.25, 0.3) is 0 Å². The van der Waals surface area contributed by atoms with Crippen molar-refractivity contribution in [1.29, 1.82) is 0 Å². The summed E-state index contributed by atoms with van der Waals surface area (Å²) in [7, 11) is 0. The van der Waals surface area contributed by atoms with Gasteiger partial charge in [0.15, 0.2) is 0 Å². The number of nitrogens with one attached hydrogen (secondary N) is 1. The highest BCUT2D eigenvalue weighted by Gasteiger charge is 2.54. The van der Waals surface area contributed by atoms with Gasteiger partial charge in [0.2, 0.25) is 0 Å². The Labute approximate surface area is 141 Å². The minimum Gasteiger partial charge on any atom is -0.382 e. The molecule has 4 fully saturated rings. The van der Waals surface area contributed by atoms with Crippen LogP contribution < -0.4 is 11.1 Å². The molecule has 3 N–H and O–H groups in total. The maximum Gasteiger partial charge on any atom is 0.0342 e. The molecule has 4 aliphatic carbocycles. The Morgan fingerprint density at radius 2 is 1.65 bits per heavy atom. The summed E-state index contributed by atoms with van der Waals surface area (Å²) in [6.45, 7) is 7.74. The summed E-state index contributed by atoms with van der Waals surface area (Å²) in [6, 6.07) is 9.82. The third-order valence-electron chi connectivity index (χ3n) is 6.92. The Morgan fingerprint density at radius 3 is 2.17 bits per heavy atom. The summed E-state index contributed by atoms with van der Waals surface area (Å²) >= 11 is 0. The van der Waals surface area contributed by atoms with Gasteiger partial charge in [-0.3, -0.25) is 0 Å². The van der Waals surface area contributed by atoms with Gasteiger partial charge in [-0.05, 0) is 84.9 Å². The second-order valence-corrected chi connectivity index (χ2v) is 9.67. The van der Waals surface area contributed by atoms with Crippen LogP contribution in [-0.4, -0.2) is 12.6 Å². The van der Waals surface area contributed by atoms with Crippen molar-refractivity contribution in [3.63, 3.8) is 0 Å². The van der Waals surface area contributed by atoms with Crippen LogP contribution >= 0.6 is 0 Å². The first kappa shape index (κ1) is 15.5. The third kappa shape index (κ3) is 2.69. The van der Waals surface area contributed by atoms with E-state index in [1.807, 2.05) is 0 Å². The van der Waals surface area contributed by atoms with Crippen LogP contribution in [0.2, 0.25) is 0 Å². The van der Waals surface area contributed by atoms with Gasteiger partial charge in [-0.15, -0.1) is 0 Å². The van der Waals surface area contributed by atoms with Crippen LogP contribution in [0.5, 0.6) is 0 Å². The SMILES string of the molecule is CC(C)(C)c1ccc(NC2C3CC4CC2CC(CN)(C4)C3)cc1. The average Bonchev–Trinajstić information content (AvgIpc) is 2.50. The summed E-state index contributed by atoms with van der Waals surface area (Å²) in [5.74, 6) is 2.64. The van der Waals surface area contributed by atoms with Gasteiger partial charge in [-0.25, -0.2) is 0 Å². The second-order valence-electron chi connectivity index (χ2n) is 9.67. The fourth-order valence-electron chi connectivity index (χ4n) is 5.94. The molecule has 2 atom stereocenters. The van der Waals surface area contributed by atoms with E-state index in [9.17, 15) is 0 Å². The molecule has 0 amide bonds. The van der Waals surface area contributed by atoms with Gasteiger partial charge in [-0.1, -0.05) is 32.9 Å². The standard InChI is InChI=1S/C21H32N2/c1-20(2,3)17-4-6-18(7-5-17)23-19-15-8-14-9-16(19)12-21(10-14,11-15)13-22/h4-7,14-16,19,23H,8-13,22H2,1-3H3. The lowest BCUT2D eigenvalue weighted by Gasteiger charge is -2.60. The summed E-state index contributed by atoms with van der Waals surface area (Å²) in [4.78, 5) is 0. The first-order valence-electron chi connectivity index (χ1n) is 9.46. The molecule has 2 unspecified atom stereocenters. The number of hydrogen-bond donors (Lipinski definition) is 2. The van der Waals surface area contributed by atoms with Crippen LogP contribution in [-0.2, 0) is 5.41 Å². The summed E-state index contributed by atoms with van der Waals surface area (Å²) in [5, 5.41) is 3.90. The van der Waals surface area contributed by atoms with Crippen molar-refractivity contribution in [1.82, 2.24) is 0 Å². The van der Waals surface area contributed by atoms with Gasteiger partial charge < -0.3 is 11.1 Å². The lowest BCUT2D eigenvalue weighted by atomic mass is 9.48. The van der Waals surface area contributed by atoms with E-state index < -0.39 is 0 Å². The van der Waals surface area contributed by atoms with E-state index in [0.29, 0.717) is 11.5 Å². The van der Waals surface area contributed by atoms with E-state index in [2.05, 4.69) is 50.4 Å². The van der Waals surface area contributed by atoms with Crippen LogP contribution in [0.1, 0.15) is 58.4 Å². The predicted octanol–water partition coefficient (Wildman–Crippen LogP) is 4.55. The summed E-state index contributed by atoms with van der Waals surface area (Å²) < 4.78 is 0. The molecule has 23 heavy (non-hydrogen) atoms. The molecule has 0 aromatic heterocycles. The van der Waals surface area contributed by atoms with E-state index in [1.54, 1.807) is 0 Å². The van der Waals surface area contributed by atoms with Crippen LogP contribution in [0.4, 0.5) is 5.69 Å². The molecule has 4 aliphatic rings. The topological polar surface area (TPSA) is 38.0 Å². The van der Waals surface area contributed by atoms with Crippen molar-refractivity contribution in [3.8, 4) is 0 Å². The first-order valence-corrected chi connectivity index (χ1v) is 9.46. The zero-order valence-corrected chi connectivity index (χ0v) is 14.9. The molecular formula is C21H32N2. The smallest absolute Gasteiger partial charge is 0.0342 e. The quantitative estimate of drug-likeness (QED) is 0.859. The van der Waals surface area contributed by atoms with Gasteiger partial charge in [-0.2, -0.15) is 0 Å². The Morgan fingerprint density at radius 1 is 1.04 bits per heavy atom. The molecule has 0 heterocycles. The molecule has 4 saturated carbocycles. The highest BCUT2D eigenvalue weighted by Crippen LogP contribution is 2.60. The summed E-state index contributed by atoms with van der Waals surface area (Å²) in [6.07, 6.45) is 6.97. The van der Waals surface area contributed by atoms with Crippen LogP contribution in [0, 0.1) is 23.2 Å². The molecule has 0 saturated heterocycles. The van der Waals surface area contributed by atoms with Gasteiger partial charge in [0.1, 0.15) is 0 Å². The fraction of sp³-hybridized carbons (Fsp3) is 0.714. The first-order chi connectivity index (χ1) is 10.9. The average molecular weight is 313 g/mol. The van der Waals surface area contributed by atoms with Crippen molar-refractivity contribution in [2.75, 3.05) is 11.9 Å². The number of anilines is 1. The zero-order valence-electron chi connectivity index (χ0n) is 14.9. The lowest BCUT2D eigenvalue weighted by Crippen LogP contribution is -2.57. The highest BCUT2D eigenvalue weighted by atomic mass is 15.0. The molecule has 4 bridgehead atoms. The number of hydrogen-bond acceptors (Lipinski definition) is 2. The Balaban J connectivity index is 1.50. The largest absolute Gasteiger partial charge is 0.382 e. The molecule has 0 radical (unpaired) electrons. The molecule has 126 valence electrons. The molecule has 0 aliphatic heterocycles. The van der Waals surface area contributed by atoms with Crippen molar-refractivity contribution in [3.05, 3.63) is 29.8 Å². The maximum absolute atomic E-state index is 6.16. The predicted molar refractivity (Wildman–Crippen MR) is 97.6 cm³/mol. The van der Waals surface area contributed by atoms with E-state index in [4.69, 9.17) is 5.73 Å². The van der Waals surface area contributed by atoms with E-state index in [-0.39, 0.29) is 5.41 Å². The van der Waals surface area contributed by atoms with E-state index in [1.165, 1.54) is 43.4 Å².